The number of methoxy groups -OCH3 is 1. The van der Waals surface area contributed by atoms with E-state index in [1.807, 2.05) is 37.3 Å². The number of oxazole rings is 1. The molecule has 210 valence electrons. The van der Waals surface area contributed by atoms with E-state index in [2.05, 4.69) is 10.3 Å². The molecule has 4 aromatic rings. The second kappa shape index (κ2) is 12.7. The second-order valence-electron chi connectivity index (χ2n) is 8.84. The Morgan fingerprint density at radius 2 is 1.55 bits per heavy atom. The Morgan fingerprint density at radius 1 is 0.925 bits per heavy atom. The summed E-state index contributed by atoms with van der Waals surface area (Å²) in [4.78, 5) is 16.8. The van der Waals surface area contributed by atoms with Crippen LogP contribution in [0.2, 0.25) is 0 Å². The molecule has 11 heteroatoms. The molecule has 0 unspecified atom stereocenters. The number of nitrogens with one attached hydrogen (secondary N) is 1. The van der Waals surface area contributed by atoms with E-state index < -0.39 is 53.2 Å². The summed E-state index contributed by atoms with van der Waals surface area (Å²) in [6, 6.07) is 15.1. The highest BCUT2D eigenvalue weighted by Crippen LogP contribution is 2.24. The number of carbonyl (C=O) groups excluding carboxylic acids is 1. The van der Waals surface area contributed by atoms with Gasteiger partial charge in [-0.15, -0.1) is 0 Å². The van der Waals surface area contributed by atoms with Gasteiger partial charge in [0.25, 0.3) is 0 Å². The summed E-state index contributed by atoms with van der Waals surface area (Å²) in [6.45, 7) is 1.37. The topological polar surface area (TPSA) is 73.6 Å². The number of aromatic nitrogens is 1. The van der Waals surface area contributed by atoms with Gasteiger partial charge >= 0.3 is 5.97 Å². The normalized spacial score (nSPS) is 11.9. The number of ether oxygens (including phenoxy) is 2. The van der Waals surface area contributed by atoms with Crippen LogP contribution in [0.3, 0.4) is 0 Å². The Kier molecular flexibility index (Phi) is 9.15. The average molecular weight is 561 g/mol. The molecule has 0 bridgehead atoms. The van der Waals surface area contributed by atoms with E-state index in [0.29, 0.717) is 36.0 Å². The fraction of sp³-hybridized carbons (Fsp3) is 0.241. The lowest BCUT2D eigenvalue weighted by molar-refractivity contribution is -0.143. The molecule has 0 saturated carbocycles. The lowest BCUT2D eigenvalue weighted by Gasteiger charge is -2.18. The van der Waals surface area contributed by atoms with Crippen molar-refractivity contribution in [2.45, 2.75) is 32.4 Å². The molecule has 1 heterocycles. The zero-order valence-electron chi connectivity index (χ0n) is 21.6. The number of aryl methyl sites for hydroxylation is 1. The predicted molar refractivity (Wildman–Crippen MR) is 135 cm³/mol. The van der Waals surface area contributed by atoms with E-state index in [0.717, 1.165) is 18.4 Å². The van der Waals surface area contributed by atoms with E-state index >= 15 is 0 Å². The van der Waals surface area contributed by atoms with Crippen LogP contribution in [0.15, 0.2) is 59.0 Å². The molecule has 1 N–H and O–H groups in total. The summed E-state index contributed by atoms with van der Waals surface area (Å²) < 4.78 is 84.6. The number of nitrogens with zero attached hydrogens (tertiary/aromatic N) is 1. The lowest BCUT2D eigenvalue weighted by atomic mass is 10.0. The molecule has 1 aromatic heterocycles. The first kappa shape index (κ1) is 28.8. The first-order chi connectivity index (χ1) is 19.2. The average Bonchev–Trinajstić information content (AvgIpc) is 3.35. The Labute approximate surface area is 226 Å². The molecule has 0 fully saturated rings. The molecule has 0 aliphatic heterocycles. The zero-order valence-corrected chi connectivity index (χ0v) is 21.6. The van der Waals surface area contributed by atoms with Crippen molar-refractivity contribution in [3.8, 4) is 17.2 Å². The van der Waals surface area contributed by atoms with Crippen LogP contribution in [0.25, 0.3) is 11.5 Å². The van der Waals surface area contributed by atoms with Gasteiger partial charge in [-0.2, -0.15) is 0 Å². The van der Waals surface area contributed by atoms with Gasteiger partial charge in [0.2, 0.25) is 11.7 Å². The van der Waals surface area contributed by atoms with Crippen molar-refractivity contribution in [3.05, 3.63) is 106 Å². The molecule has 4 rings (SSSR count). The van der Waals surface area contributed by atoms with Crippen molar-refractivity contribution in [2.24, 2.45) is 0 Å². The van der Waals surface area contributed by atoms with Gasteiger partial charge in [0, 0.05) is 24.1 Å². The summed E-state index contributed by atoms with van der Waals surface area (Å²) in [5.41, 5.74) is 1.21. The molecule has 0 aliphatic rings. The van der Waals surface area contributed by atoms with Crippen LogP contribution < -0.4 is 10.1 Å². The van der Waals surface area contributed by atoms with Gasteiger partial charge in [-0.05, 0) is 43.2 Å². The fourth-order valence-corrected chi connectivity index (χ4v) is 4.00. The maximum atomic E-state index is 14.0. The van der Waals surface area contributed by atoms with E-state index in [4.69, 9.17) is 13.9 Å². The van der Waals surface area contributed by atoms with E-state index in [-0.39, 0.29) is 6.42 Å². The molecular weight excluding hydrogens is 535 g/mol. The summed E-state index contributed by atoms with van der Waals surface area (Å²) in [5, 5.41) is 2.52. The van der Waals surface area contributed by atoms with Crippen molar-refractivity contribution >= 4 is 5.97 Å². The third kappa shape index (κ3) is 6.48. The molecule has 6 nitrogen and oxygen atoms in total. The van der Waals surface area contributed by atoms with Crippen LogP contribution in [0.4, 0.5) is 22.0 Å². The Hall–Kier alpha value is -4.25. The number of halogens is 5. The highest BCUT2D eigenvalue weighted by atomic mass is 19.2. The first-order valence-electron chi connectivity index (χ1n) is 12.2. The van der Waals surface area contributed by atoms with Crippen molar-refractivity contribution in [1.29, 1.82) is 0 Å². The van der Waals surface area contributed by atoms with Gasteiger partial charge in [0.05, 0.1) is 19.4 Å². The minimum Gasteiger partial charge on any atom is -0.493 e. The molecule has 0 spiro atoms. The highest BCUT2D eigenvalue weighted by molar-refractivity contribution is 5.76. The number of hydrogen-bond acceptors (Lipinski definition) is 6. The number of hydrogen-bond donors (Lipinski definition) is 1. The standard InChI is InChI=1S/C29H25F5N2O4/c1-16-21(36-28(40-16)18-6-4-3-5-7-18)12-13-39-19-10-8-17(9-11-19)14-22(29(37)38-2)35-15-20-23(30)25(32)27(34)26(33)24(20)31/h3-11,22,35H,12-15H2,1-2H3/t22-/m0/s1. The van der Waals surface area contributed by atoms with Crippen LogP contribution in [0.5, 0.6) is 5.75 Å². The number of esters is 1. The second-order valence-corrected chi connectivity index (χ2v) is 8.84. The summed E-state index contributed by atoms with van der Waals surface area (Å²) in [6.07, 6.45) is 0.526. The number of benzene rings is 3. The minimum absolute atomic E-state index is 0.0166. The SMILES string of the molecule is COC(=O)[C@H](Cc1ccc(OCCc2nc(-c3ccccc3)oc2C)cc1)NCc1c(F)c(F)c(F)c(F)c1F. The number of carbonyl (C=O) groups is 1. The Balaban J connectivity index is 1.35. The van der Waals surface area contributed by atoms with Crippen LogP contribution in [-0.2, 0) is 28.9 Å². The monoisotopic (exact) mass is 560 g/mol. The van der Waals surface area contributed by atoms with Gasteiger partial charge < -0.3 is 13.9 Å². The molecule has 0 aliphatic carbocycles. The highest BCUT2D eigenvalue weighted by Gasteiger charge is 2.27. The predicted octanol–water partition coefficient (Wildman–Crippen LogP) is 5.84. The maximum Gasteiger partial charge on any atom is 0.323 e. The quantitative estimate of drug-likeness (QED) is 0.108. The van der Waals surface area contributed by atoms with E-state index in [9.17, 15) is 26.7 Å². The van der Waals surface area contributed by atoms with E-state index in [1.165, 1.54) is 0 Å². The van der Waals surface area contributed by atoms with Gasteiger partial charge in [-0.25, -0.2) is 26.9 Å². The van der Waals surface area contributed by atoms with Crippen molar-refractivity contribution in [2.75, 3.05) is 13.7 Å². The summed E-state index contributed by atoms with van der Waals surface area (Å²) in [7, 11) is 1.12. The summed E-state index contributed by atoms with van der Waals surface area (Å²) in [5.74, 6) is -9.29. The van der Waals surface area contributed by atoms with Gasteiger partial charge in [-0.1, -0.05) is 30.3 Å². The molecule has 0 radical (unpaired) electrons. The Bertz CT molecular complexity index is 1450. The van der Waals surface area contributed by atoms with Crippen LogP contribution in [0, 0.1) is 36.0 Å². The lowest BCUT2D eigenvalue weighted by Crippen LogP contribution is -2.39. The fourth-order valence-electron chi connectivity index (χ4n) is 4.00. The molecule has 1 atom stereocenters. The molecule has 3 aromatic carbocycles. The maximum absolute atomic E-state index is 14.0. The third-order valence-electron chi connectivity index (χ3n) is 6.20. The summed E-state index contributed by atoms with van der Waals surface area (Å²) >= 11 is 0. The van der Waals surface area contributed by atoms with E-state index in [1.54, 1.807) is 24.3 Å². The van der Waals surface area contributed by atoms with Gasteiger partial charge in [-0.3, -0.25) is 10.1 Å². The van der Waals surface area contributed by atoms with Crippen LogP contribution >= 0.6 is 0 Å². The molecular formula is C29H25F5N2O4. The van der Waals surface area contributed by atoms with Gasteiger partial charge in [0.1, 0.15) is 17.6 Å². The first-order valence-corrected chi connectivity index (χ1v) is 12.2. The smallest absolute Gasteiger partial charge is 0.323 e. The van der Waals surface area contributed by atoms with Crippen molar-refractivity contribution in [1.82, 2.24) is 10.3 Å². The molecule has 0 saturated heterocycles. The molecule has 0 amide bonds. The largest absolute Gasteiger partial charge is 0.493 e. The van der Waals surface area contributed by atoms with Crippen LogP contribution in [-0.4, -0.2) is 30.7 Å². The minimum atomic E-state index is -2.25. The molecule has 40 heavy (non-hydrogen) atoms. The van der Waals surface area contributed by atoms with Crippen LogP contribution in [0.1, 0.15) is 22.6 Å². The Morgan fingerprint density at radius 3 is 2.17 bits per heavy atom. The zero-order chi connectivity index (χ0) is 28.8. The third-order valence-corrected chi connectivity index (χ3v) is 6.20. The van der Waals surface area contributed by atoms with Gasteiger partial charge in [0.15, 0.2) is 23.3 Å². The van der Waals surface area contributed by atoms with Crippen molar-refractivity contribution < 1.29 is 40.6 Å². The van der Waals surface area contributed by atoms with Crippen molar-refractivity contribution in [3.63, 3.8) is 0 Å². The number of rotatable bonds is 11.